The first-order valence-electron chi connectivity index (χ1n) is 10.1. The van der Waals surface area contributed by atoms with Crippen LogP contribution in [0.4, 0.5) is 5.69 Å². The predicted octanol–water partition coefficient (Wildman–Crippen LogP) is 4.55. The van der Waals surface area contributed by atoms with Gasteiger partial charge in [-0.1, -0.05) is 32.9 Å². The predicted molar refractivity (Wildman–Crippen MR) is 116 cm³/mol. The second-order valence-corrected chi connectivity index (χ2v) is 9.67. The summed E-state index contributed by atoms with van der Waals surface area (Å²) in [5.74, 6) is 0.148. The molecule has 2 atom stereocenters. The molecule has 0 unspecified atom stereocenters. The lowest BCUT2D eigenvalue weighted by atomic mass is 9.81. The molecule has 1 aromatic rings. The summed E-state index contributed by atoms with van der Waals surface area (Å²) in [4.78, 5) is 14.8. The van der Waals surface area contributed by atoms with E-state index in [1.165, 1.54) is 17.5 Å². The molecule has 0 aromatic heterocycles. The number of carbonyl (C=O) groups is 1. The highest BCUT2D eigenvalue weighted by Crippen LogP contribution is 2.35. The average Bonchev–Trinajstić information content (AvgIpc) is 2.56. The Balaban J connectivity index is 1.69. The molecule has 2 aliphatic rings. The Labute approximate surface area is 169 Å². The van der Waals surface area contributed by atoms with Gasteiger partial charge in [0.25, 0.3) is 0 Å². The fourth-order valence-corrected chi connectivity index (χ4v) is 4.69. The van der Waals surface area contributed by atoms with Gasteiger partial charge in [0.15, 0.2) is 5.11 Å². The maximum Gasteiger partial charge on any atom is 0.225 e. The molecule has 0 spiro atoms. The number of aryl methyl sites for hydroxylation is 2. The third-order valence-electron chi connectivity index (χ3n) is 5.86. The summed E-state index contributed by atoms with van der Waals surface area (Å²) >= 11 is 5.83. The Bertz CT molecular complexity index is 711. The smallest absolute Gasteiger partial charge is 0.225 e. The highest BCUT2D eigenvalue weighted by molar-refractivity contribution is 7.80. The van der Waals surface area contributed by atoms with Crippen LogP contribution < -0.4 is 10.6 Å². The van der Waals surface area contributed by atoms with Crippen LogP contribution in [0.2, 0.25) is 0 Å². The standard InChI is InChI=1S/C22H33N3OS/c1-14-9-10-15(2)19(11-14)24-21(27)25-17-7-6-8-18(25)13-16(12-17)23-20(26)22(3,4)5/h9-11,16-18H,6-8,12-13H2,1-5H3,(H,23,26)(H,24,27)/t17-,18-/m0/s1. The topological polar surface area (TPSA) is 44.4 Å². The van der Waals surface area contributed by atoms with Crippen LogP contribution in [-0.4, -0.2) is 34.0 Å². The maximum absolute atomic E-state index is 12.4. The normalized spacial score (nSPS) is 25.1. The van der Waals surface area contributed by atoms with Crippen LogP contribution in [0.3, 0.4) is 0 Å². The molecule has 3 rings (SSSR count). The van der Waals surface area contributed by atoms with E-state index in [0.717, 1.165) is 36.5 Å². The van der Waals surface area contributed by atoms with Gasteiger partial charge in [-0.25, -0.2) is 0 Å². The summed E-state index contributed by atoms with van der Waals surface area (Å²) in [6, 6.07) is 7.50. The summed E-state index contributed by atoms with van der Waals surface area (Å²) in [5.41, 5.74) is 3.20. The van der Waals surface area contributed by atoms with Crippen molar-refractivity contribution in [1.82, 2.24) is 10.2 Å². The monoisotopic (exact) mass is 387 g/mol. The molecule has 1 aromatic carbocycles. The minimum absolute atomic E-state index is 0.148. The van der Waals surface area contributed by atoms with Gasteiger partial charge in [0.05, 0.1) is 0 Å². The number of nitrogens with one attached hydrogen (secondary N) is 2. The van der Waals surface area contributed by atoms with E-state index in [4.69, 9.17) is 12.2 Å². The molecule has 2 heterocycles. The van der Waals surface area contributed by atoms with E-state index >= 15 is 0 Å². The Morgan fingerprint density at radius 3 is 2.37 bits per heavy atom. The second kappa shape index (κ2) is 7.78. The Kier molecular flexibility index (Phi) is 5.80. The summed E-state index contributed by atoms with van der Waals surface area (Å²) in [7, 11) is 0. The Morgan fingerprint density at radius 1 is 1.15 bits per heavy atom. The van der Waals surface area contributed by atoms with Gasteiger partial charge in [0.1, 0.15) is 0 Å². The lowest BCUT2D eigenvalue weighted by Crippen LogP contribution is -2.60. The average molecular weight is 388 g/mol. The number of rotatable bonds is 2. The number of hydrogen-bond donors (Lipinski definition) is 2. The number of hydrogen-bond acceptors (Lipinski definition) is 2. The van der Waals surface area contributed by atoms with Crippen LogP contribution in [0.5, 0.6) is 0 Å². The van der Waals surface area contributed by atoms with Crippen LogP contribution in [0.25, 0.3) is 0 Å². The third kappa shape index (κ3) is 4.63. The molecule has 0 radical (unpaired) electrons. The zero-order chi connectivity index (χ0) is 19.8. The van der Waals surface area contributed by atoms with Gasteiger partial charge in [-0.3, -0.25) is 4.79 Å². The number of fused-ring (bicyclic) bond motifs is 2. The molecule has 148 valence electrons. The lowest BCUT2D eigenvalue weighted by molar-refractivity contribution is -0.129. The van der Waals surface area contributed by atoms with Crippen LogP contribution >= 0.6 is 12.2 Å². The molecule has 2 fully saturated rings. The molecule has 0 aliphatic carbocycles. The van der Waals surface area contributed by atoms with Crippen molar-refractivity contribution < 1.29 is 4.79 Å². The minimum Gasteiger partial charge on any atom is -0.353 e. The molecule has 2 aliphatic heterocycles. The molecule has 2 N–H and O–H groups in total. The van der Waals surface area contributed by atoms with E-state index in [0.29, 0.717) is 12.1 Å². The van der Waals surface area contributed by atoms with Crippen LogP contribution in [0.15, 0.2) is 18.2 Å². The number of nitrogens with zero attached hydrogens (tertiary/aromatic N) is 1. The molecule has 5 heteroatoms. The molecule has 0 saturated carbocycles. The third-order valence-corrected chi connectivity index (χ3v) is 6.17. The number of anilines is 1. The van der Waals surface area contributed by atoms with Crippen molar-refractivity contribution in [3.8, 4) is 0 Å². The number of amides is 1. The van der Waals surface area contributed by atoms with Crippen molar-refractivity contribution in [2.24, 2.45) is 5.41 Å². The number of piperidine rings is 2. The fraction of sp³-hybridized carbons (Fsp3) is 0.636. The lowest BCUT2D eigenvalue weighted by Gasteiger charge is -2.50. The van der Waals surface area contributed by atoms with Gasteiger partial charge in [-0.15, -0.1) is 0 Å². The molecule has 2 bridgehead atoms. The first kappa shape index (κ1) is 20.1. The van der Waals surface area contributed by atoms with Gasteiger partial charge >= 0.3 is 0 Å². The molecule has 27 heavy (non-hydrogen) atoms. The van der Waals surface area contributed by atoms with E-state index in [1.807, 2.05) is 20.8 Å². The molecule has 2 saturated heterocycles. The van der Waals surface area contributed by atoms with Crippen LogP contribution in [0.1, 0.15) is 64.0 Å². The number of carbonyl (C=O) groups excluding carboxylic acids is 1. The van der Waals surface area contributed by atoms with Gasteiger partial charge in [0.2, 0.25) is 5.91 Å². The largest absolute Gasteiger partial charge is 0.353 e. The van der Waals surface area contributed by atoms with E-state index < -0.39 is 0 Å². The zero-order valence-corrected chi connectivity index (χ0v) is 18.1. The Morgan fingerprint density at radius 2 is 1.78 bits per heavy atom. The van der Waals surface area contributed by atoms with E-state index in [9.17, 15) is 4.79 Å². The molecular weight excluding hydrogens is 354 g/mol. The highest BCUT2D eigenvalue weighted by Gasteiger charge is 2.40. The van der Waals surface area contributed by atoms with Crippen molar-refractivity contribution in [2.45, 2.75) is 84.8 Å². The van der Waals surface area contributed by atoms with Crippen LogP contribution in [-0.2, 0) is 4.79 Å². The van der Waals surface area contributed by atoms with Crippen molar-refractivity contribution >= 4 is 28.9 Å². The van der Waals surface area contributed by atoms with Gasteiger partial charge in [-0.2, -0.15) is 0 Å². The van der Waals surface area contributed by atoms with Crippen LogP contribution in [0, 0.1) is 19.3 Å². The highest BCUT2D eigenvalue weighted by atomic mass is 32.1. The molecule has 1 amide bonds. The van der Waals surface area contributed by atoms with Gasteiger partial charge in [0, 0.05) is 29.2 Å². The zero-order valence-electron chi connectivity index (χ0n) is 17.3. The van der Waals surface area contributed by atoms with E-state index in [-0.39, 0.29) is 17.4 Å². The number of thiocarbonyl (C=S) groups is 1. The quantitative estimate of drug-likeness (QED) is 0.731. The minimum atomic E-state index is -0.341. The first-order chi connectivity index (χ1) is 12.6. The summed E-state index contributed by atoms with van der Waals surface area (Å²) in [6.45, 7) is 10.1. The van der Waals surface area contributed by atoms with Crippen molar-refractivity contribution in [2.75, 3.05) is 5.32 Å². The summed E-state index contributed by atoms with van der Waals surface area (Å²) in [6.07, 6.45) is 5.50. The first-order valence-corrected chi connectivity index (χ1v) is 10.5. The van der Waals surface area contributed by atoms with Crippen molar-refractivity contribution in [1.29, 1.82) is 0 Å². The van der Waals surface area contributed by atoms with Crippen molar-refractivity contribution in [3.05, 3.63) is 29.3 Å². The summed E-state index contributed by atoms with van der Waals surface area (Å²) in [5, 5.41) is 7.62. The molecule has 4 nitrogen and oxygen atoms in total. The Hall–Kier alpha value is -1.62. The maximum atomic E-state index is 12.4. The van der Waals surface area contributed by atoms with Gasteiger partial charge < -0.3 is 15.5 Å². The fourth-order valence-electron chi connectivity index (χ4n) is 4.28. The SMILES string of the molecule is Cc1ccc(C)c(NC(=S)N2[C@H]3CCC[C@H]2CC(NC(=O)C(C)(C)C)C3)c1. The van der Waals surface area contributed by atoms with E-state index in [1.54, 1.807) is 0 Å². The summed E-state index contributed by atoms with van der Waals surface area (Å²) < 4.78 is 0. The number of benzene rings is 1. The second-order valence-electron chi connectivity index (χ2n) is 9.29. The van der Waals surface area contributed by atoms with Crippen molar-refractivity contribution in [3.63, 3.8) is 0 Å². The van der Waals surface area contributed by atoms with E-state index in [2.05, 4.69) is 47.6 Å². The van der Waals surface area contributed by atoms with Gasteiger partial charge in [-0.05, 0) is 75.4 Å². The molecular formula is C22H33N3OS.